The molecule has 8 nitrogen and oxygen atoms in total. The van der Waals surface area contributed by atoms with Crippen molar-refractivity contribution in [2.45, 2.75) is 38.5 Å². The SMILES string of the molecule is Cc1cccc(C(=O)N2CCC3(CC2)OCC(C(=O)N2CCOCC2)N3C(=O)c2cccc(C)c2)c1. The molecule has 0 aliphatic carbocycles. The van der Waals surface area contributed by atoms with Gasteiger partial charge in [-0.25, -0.2) is 0 Å². The molecule has 3 aliphatic heterocycles. The lowest BCUT2D eigenvalue weighted by atomic mass is 9.95. The average molecular weight is 492 g/mol. The Kier molecular flexibility index (Phi) is 6.81. The van der Waals surface area contributed by atoms with Crippen LogP contribution in [0.2, 0.25) is 0 Å². The van der Waals surface area contributed by atoms with E-state index in [1.54, 1.807) is 15.9 Å². The standard InChI is InChI=1S/C28H33N3O5/c1-20-5-3-7-22(17-20)25(32)29-11-9-28(10-12-29)31(26(33)23-8-4-6-21(2)18-23)24(19-36-28)27(34)30-13-15-35-16-14-30/h3-8,17-18,24H,9-16,19H2,1-2H3. The van der Waals surface area contributed by atoms with Crippen LogP contribution >= 0.6 is 0 Å². The summed E-state index contributed by atoms with van der Waals surface area (Å²) in [5.41, 5.74) is 2.29. The number of rotatable bonds is 3. The summed E-state index contributed by atoms with van der Waals surface area (Å²) in [5, 5.41) is 0. The molecule has 3 heterocycles. The highest BCUT2D eigenvalue weighted by Crippen LogP contribution is 2.39. The van der Waals surface area contributed by atoms with Crippen LogP contribution in [0.5, 0.6) is 0 Å². The van der Waals surface area contributed by atoms with E-state index in [1.807, 2.05) is 61.2 Å². The van der Waals surface area contributed by atoms with Crippen molar-refractivity contribution in [3.8, 4) is 0 Å². The molecule has 0 bridgehead atoms. The molecule has 2 aromatic rings. The summed E-state index contributed by atoms with van der Waals surface area (Å²) in [6.07, 6.45) is 0.907. The quantitative estimate of drug-likeness (QED) is 0.660. The van der Waals surface area contributed by atoms with Gasteiger partial charge < -0.3 is 19.3 Å². The van der Waals surface area contributed by atoms with Gasteiger partial charge in [0.15, 0.2) is 0 Å². The first kappa shape index (κ1) is 24.5. The van der Waals surface area contributed by atoms with Crippen LogP contribution in [-0.4, -0.2) is 90.2 Å². The van der Waals surface area contributed by atoms with Gasteiger partial charge in [0.2, 0.25) is 5.91 Å². The van der Waals surface area contributed by atoms with Gasteiger partial charge in [-0.1, -0.05) is 35.4 Å². The largest absolute Gasteiger partial charge is 0.378 e. The molecule has 36 heavy (non-hydrogen) atoms. The maximum atomic E-state index is 13.9. The Morgan fingerprint density at radius 3 is 1.97 bits per heavy atom. The topological polar surface area (TPSA) is 79.4 Å². The average Bonchev–Trinajstić information content (AvgIpc) is 3.26. The van der Waals surface area contributed by atoms with Gasteiger partial charge in [-0.2, -0.15) is 0 Å². The summed E-state index contributed by atoms with van der Waals surface area (Å²) in [7, 11) is 0. The summed E-state index contributed by atoms with van der Waals surface area (Å²) in [6, 6.07) is 14.3. The number of carbonyl (C=O) groups excluding carboxylic acids is 3. The number of piperidine rings is 1. The molecule has 3 amide bonds. The number of ether oxygens (including phenoxy) is 2. The predicted molar refractivity (Wildman–Crippen MR) is 134 cm³/mol. The third kappa shape index (κ3) is 4.63. The molecule has 5 rings (SSSR count). The van der Waals surface area contributed by atoms with E-state index in [0.717, 1.165) is 11.1 Å². The molecule has 3 saturated heterocycles. The van der Waals surface area contributed by atoms with Crippen LogP contribution in [0.3, 0.4) is 0 Å². The number of nitrogens with zero attached hydrogens (tertiary/aromatic N) is 3. The van der Waals surface area contributed by atoms with Gasteiger partial charge in [0.05, 0.1) is 19.8 Å². The first-order valence-corrected chi connectivity index (χ1v) is 12.6. The second-order valence-corrected chi connectivity index (χ2v) is 9.92. The maximum absolute atomic E-state index is 13.9. The van der Waals surface area contributed by atoms with Crippen molar-refractivity contribution < 1.29 is 23.9 Å². The van der Waals surface area contributed by atoms with Crippen LogP contribution in [0.15, 0.2) is 48.5 Å². The first-order chi connectivity index (χ1) is 17.4. The lowest BCUT2D eigenvalue weighted by molar-refractivity contribution is -0.141. The molecule has 8 heteroatoms. The number of amides is 3. The minimum absolute atomic E-state index is 0.0240. The van der Waals surface area contributed by atoms with E-state index >= 15 is 0 Å². The van der Waals surface area contributed by atoms with Crippen molar-refractivity contribution >= 4 is 17.7 Å². The molecular weight excluding hydrogens is 458 g/mol. The van der Waals surface area contributed by atoms with E-state index in [0.29, 0.717) is 63.4 Å². The number of carbonyl (C=O) groups is 3. The van der Waals surface area contributed by atoms with E-state index < -0.39 is 11.8 Å². The van der Waals surface area contributed by atoms with E-state index in [9.17, 15) is 14.4 Å². The molecule has 0 N–H and O–H groups in total. The Labute approximate surface area is 211 Å². The smallest absolute Gasteiger partial charge is 0.256 e. The molecule has 3 aliphatic rings. The van der Waals surface area contributed by atoms with Crippen LogP contribution in [0.25, 0.3) is 0 Å². The minimum atomic E-state index is -0.920. The highest BCUT2D eigenvalue weighted by atomic mass is 16.5. The van der Waals surface area contributed by atoms with Crippen molar-refractivity contribution in [3.63, 3.8) is 0 Å². The fraction of sp³-hybridized carbons (Fsp3) is 0.464. The number of morpholine rings is 1. The molecule has 1 atom stereocenters. The van der Waals surface area contributed by atoms with Crippen molar-refractivity contribution in [1.29, 1.82) is 0 Å². The zero-order valence-corrected chi connectivity index (χ0v) is 20.9. The minimum Gasteiger partial charge on any atom is -0.378 e. The zero-order valence-electron chi connectivity index (χ0n) is 20.9. The monoisotopic (exact) mass is 491 g/mol. The summed E-state index contributed by atoms with van der Waals surface area (Å²) < 4.78 is 11.7. The number of aryl methyl sites for hydroxylation is 2. The van der Waals surface area contributed by atoms with Crippen molar-refractivity contribution in [2.75, 3.05) is 46.0 Å². The fourth-order valence-corrected chi connectivity index (χ4v) is 5.49. The van der Waals surface area contributed by atoms with Gasteiger partial charge in [-0.3, -0.25) is 19.3 Å². The van der Waals surface area contributed by atoms with Gasteiger partial charge in [0, 0.05) is 50.1 Å². The van der Waals surface area contributed by atoms with Crippen LogP contribution in [-0.2, 0) is 14.3 Å². The maximum Gasteiger partial charge on any atom is 0.256 e. The number of benzene rings is 2. The lowest BCUT2D eigenvalue weighted by Crippen LogP contribution is -2.60. The summed E-state index contributed by atoms with van der Waals surface area (Å²) in [4.78, 5) is 45.9. The molecule has 0 saturated carbocycles. The van der Waals surface area contributed by atoms with Crippen LogP contribution < -0.4 is 0 Å². The molecule has 3 fully saturated rings. The third-order valence-electron chi connectivity index (χ3n) is 7.45. The lowest BCUT2D eigenvalue weighted by Gasteiger charge is -2.45. The summed E-state index contributed by atoms with van der Waals surface area (Å²) in [5.74, 6) is -0.334. The summed E-state index contributed by atoms with van der Waals surface area (Å²) >= 11 is 0. The van der Waals surface area contributed by atoms with Gasteiger partial charge in [0.1, 0.15) is 11.8 Å². The van der Waals surface area contributed by atoms with Crippen molar-refractivity contribution in [3.05, 3.63) is 70.8 Å². The Morgan fingerprint density at radius 1 is 0.806 bits per heavy atom. The van der Waals surface area contributed by atoms with Crippen molar-refractivity contribution in [2.24, 2.45) is 0 Å². The van der Waals surface area contributed by atoms with Gasteiger partial charge in [-0.15, -0.1) is 0 Å². The third-order valence-corrected chi connectivity index (χ3v) is 7.45. The van der Waals surface area contributed by atoms with E-state index in [-0.39, 0.29) is 24.3 Å². The van der Waals surface area contributed by atoms with Crippen molar-refractivity contribution in [1.82, 2.24) is 14.7 Å². The first-order valence-electron chi connectivity index (χ1n) is 12.6. The van der Waals surface area contributed by atoms with Crippen LogP contribution in [0.1, 0.15) is 44.7 Å². The second kappa shape index (κ2) is 10.0. The molecular formula is C28H33N3O5. The highest BCUT2D eigenvalue weighted by Gasteiger charge is 2.55. The molecule has 1 unspecified atom stereocenters. The van der Waals surface area contributed by atoms with Crippen LogP contribution in [0, 0.1) is 13.8 Å². The van der Waals surface area contributed by atoms with Gasteiger partial charge >= 0.3 is 0 Å². The molecule has 1 spiro atoms. The summed E-state index contributed by atoms with van der Waals surface area (Å²) in [6.45, 7) is 6.96. The predicted octanol–water partition coefficient (Wildman–Crippen LogP) is 2.64. The Hall–Kier alpha value is -3.23. The Balaban J connectivity index is 1.40. The zero-order chi connectivity index (χ0) is 25.3. The highest BCUT2D eigenvalue weighted by molar-refractivity contribution is 5.99. The fourth-order valence-electron chi connectivity index (χ4n) is 5.49. The molecule has 2 aromatic carbocycles. The molecule has 0 aromatic heterocycles. The number of hydrogen-bond donors (Lipinski definition) is 0. The second-order valence-electron chi connectivity index (χ2n) is 9.92. The molecule has 190 valence electrons. The van der Waals surface area contributed by atoms with Crippen LogP contribution in [0.4, 0.5) is 0 Å². The Bertz CT molecular complexity index is 1150. The number of likely N-dealkylation sites (tertiary alicyclic amines) is 1. The van der Waals surface area contributed by atoms with Gasteiger partial charge in [0.25, 0.3) is 11.8 Å². The number of hydrogen-bond acceptors (Lipinski definition) is 5. The molecule has 0 radical (unpaired) electrons. The van der Waals surface area contributed by atoms with E-state index in [2.05, 4.69) is 0 Å². The Morgan fingerprint density at radius 2 is 1.39 bits per heavy atom. The van der Waals surface area contributed by atoms with Gasteiger partial charge in [-0.05, 0) is 38.1 Å². The van der Waals surface area contributed by atoms with E-state index in [1.165, 1.54) is 0 Å². The van der Waals surface area contributed by atoms with E-state index in [4.69, 9.17) is 9.47 Å². The normalized spacial score (nSPS) is 21.6.